The second-order valence-electron chi connectivity index (χ2n) is 6.90. The lowest BCUT2D eigenvalue weighted by Gasteiger charge is -2.08. The topological polar surface area (TPSA) is 64.3 Å². The fourth-order valence-electron chi connectivity index (χ4n) is 3.16. The average molecular weight is 370 g/mol. The van der Waals surface area contributed by atoms with Gasteiger partial charge in [-0.05, 0) is 55.2 Å². The second kappa shape index (κ2) is 6.72. The molecular weight excluding hydrogens is 348 g/mol. The maximum Gasteiger partial charge on any atom is 0.182 e. The molecule has 26 heavy (non-hydrogen) atoms. The van der Waals surface area contributed by atoms with E-state index in [1.807, 2.05) is 12.1 Å². The summed E-state index contributed by atoms with van der Waals surface area (Å²) < 4.78 is 31.1. The van der Waals surface area contributed by atoms with E-state index in [1.165, 1.54) is 6.92 Å². The number of rotatable bonds is 5. The Labute approximate surface area is 153 Å². The molecule has 0 atom stereocenters. The van der Waals surface area contributed by atoms with E-state index in [-0.39, 0.29) is 11.5 Å². The van der Waals surface area contributed by atoms with Crippen LogP contribution in [0.1, 0.15) is 53.9 Å². The van der Waals surface area contributed by atoms with Crippen LogP contribution in [-0.2, 0) is 15.6 Å². The standard InChI is InChI=1S/C21H22O4S/c1-13(2)17-6-8-18(9-7-17)26(23,24)12-16-5-10-20-19(11-16)21(14(3)22)15(4)25-20/h5-11,13H,12H2,1-4H3. The molecule has 0 aliphatic heterocycles. The first-order chi connectivity index (χ1) is 12.2. The third kappa shape index (κ3) is 3.44. The number of aryl methyl sites for hydroxylation is 1. The maximum absolute atomic E-state index is 12.8. The van der Waals surface area contributed by atoms with Crippen molar-refractivity contribution in [1.29, 1.82) is 0 Å². The Morgan fingerprint density at radius 2 is 1.73 bits per heavy atom. The third-order valence-electron chi connectivity index (χ3n) is 4.54. The molecule has 136 valence electrons. The number of Topliss-reactive ketones (excluding diaryl/α,β-unsaturated/α-hetero) is 1. The number of sulfone groups is 1. The van der Waals surface area contributed by atoms with Crippen LogP contribution in [0.3, 0.4) is 0 Å². The number of furan rings is 1. The summed E-state index contributed by atoms with van der Waals surface area (Å²) in [5.74, 6) is 0.691. The van der Waals surface area contributed by atoms with Gasteiger partial charge in [-0.1, -0.05) is 32.0 Å². The van der Waals surface area contributed by atoms with Crippen LogP contribution in [0.15, 0.2) is 51.8 Å². The van der Waals surface area contributed by atoms with Crippen molar-refractivity contribution >= 4 is 26.6 Å². The Morgan fingerprint density at radius 1 is 1.08 bits per heavy atom. The van der Waals surface area contributed by atoms with Crippen molar-refractivity contribution in [2.75, 3.05) is 0 Å². The molecule has 0 amide bonds. The molecule has 0 bridgehead atoms. The molecule has 1 aromatic heterocycles. The normalized spacial score (nSPS) is 12.0. The molecule has 3 aromatic rings. The highest BCUT2D eigenvalue weighted by molar-refractivity contribution is 7.90. The van der Waals surface area contributed by atoms with Gasteiger partial charge in [0, 0.05) is 5.39 Å². The van der Waals surface area contributed by atoms with Gasteiger partial charge in [-0.2, -0.15) is 0 Å². The first kappa shape index (κ1) is 18.4. The SMILES string of the molecule is CC(=O)c1c(C)oc2ccc(CS(=O)(=O)c3ccc(C(C)C)cc3)cc12. The van der Waals surface area contributed by atoms with E-state index in [1.54, 1.807) is 37.3 Å². The van der Waals surface area contributed by atoms with Gasteiger partial charge in [-0.3, -0.25) is 4.79 Å². The van der Waals surface area contributed by atoms with Crippen molar-refractivity contribution in [3.8, 4) is 0 Å². The third-order valence-corrected chi connectivity index (χ3v) is 6.25. The first-order valence-electron chi connectivity index (χ1n) is 8.54. The maximum atomic E-state index is 12.8. The molecule has 0 radical (unpaired) electrons. The molecule has 2 aromatic carbocycles. The van der Waals surface area contributed by atoms with E-state index in [4.69, 9.17) is 4.42 Å². The number of fused-ring (bicyclic) bond motifs is 1. The molecule has 4 nitrogen and oxygen atoms in total. The average Bonchev–Trinajstić information content (AvgIpc) is 2.89. The monoisotopic (exact) mass is 370 g/mol. The molecule has 0 fully saturated rings. The van der Waals surface area contributed by atoms with Crippen LogP contribution in [0, 0.1) is 6.92 Å². The lowest BCUT2D eigenvalue weighted by atomic mass is 10.0. The summed E-state index contributed by atoms with van der Waals surface area (Å²) >= 11 is 0. The zero-order chi connectivity index (χ0) is 19.1. The van der Waals surface area contributed by atoms with Crippen molar-refractivity contribution in [3.05, 3.63) is 64.9 Å². The smallest absolute Gasteiger partial charge is 0.182 e. The molecule has 0 saturated heterocycles. The van der Waals surface area contributed by atoms with Gasteiger partial charge in [0.05, 0.1) is 16.2 Å². The van der Waals surface area contributed by atoms with Gasteiger partial charge in [0.1, 0.15) is 11.3 Å². The number of carbonyl (C=O) groups excluding carboxylic acids is 1. The molecule has 0 N–H and O–H groups in total. The number of ketones is 1. The highest BCUT2D eigenvalue weighted by Crippen LogP contribution is 2.28. The van der Waals surface area contributed by atoms with Crippen molar-refractivity contribution in [1.82, 2.24) is 0 Å². The minimum Gasteiger partial charge on any atom is -0.461 e. The van der Waals surface area contributed by atoms with E-state index in [0.717, 1.165) is 5.56 Å². The summed E-state index contributed by atoms with van der Waals surface area (Å²) in [5, 5.41) is 0.665. The summed E-state index contributed by atoms with van der Waals surface area (Å²) in [7, 11) is -3.47. The molecule has 0 saturated carbocycles. The van der Waals surface area contributed by atoms with Gasteiger partial charge < -0.3 is 4.42 Å². The minimum atomic E-state index is -3.47. The predicted molar refractivity (Wildman–Crippen MR) is 102 cm³/mol. The Morgan fingerprint density at radius 3 is 2.31 bits per heavy atom. The Hall–Kier alpha value is -2.40. The highest BCUT2D eigenvalue weighted by Gasteiger charge is 2.19. The van der Waals surface area contributed by atoms with E-state index in [0.29, 0.717) is 38.7 Å². The summed E-state index contributed by atoms with van der Waals surface area (Å²) in [5.41, 5.74) is 2.84. The largest absolute Gasteiger partial charge is 0.461 e. The number of carbonyl (C=O) groups is 1. The van der Waals surface area contributed by atoms with Gasteiger partial charge in [0.25, 0.3) is 0 Å². The van der Waals surface area contributed by atoms with Crippen molar-refractivity contribution in [2.24, 2.45) is 0 Å². The van der Waals surface area contributed by atoms with Gasteiger partial charge >= 0.3 is 0 Å². The van der Waals surface area contributed by atoms with Gasteiger partial charge in [-0.15, -0.1) is 0 Å². The summed E-state index contributed by atoms with van der Waals surface area (Å²) in [6.45, 7) is 7.36. The van der Waals surface area contributed by atoms with Crippen LogP contribution in [0.2, 0.25) is 0 Å². The zero-order valence-corrected chi connectivity index (χ0v) is 16.2. The summed E-state index contributed by atoms with van der Waals surface area (Å²) in [6.07, 6.45) is 0. The van der Waals surface area contributed by atoms with Gasteiger partial charge in [0.2, 0.25) is 0 Å². The molecule has 3 rings (SSSR count). The van der Waals surface area contributed by atoms with E-state index in [2.05, 4.69) is 13.8 Å². The number of benzene rings is 2. The lowest BCUT2D eigenvalue weighted by molar-refractivity contribution is 0.101. The molecule has 0 aliphatic rings. The molecule has 5 heteroatoms. The Bertz CT molecular complexity index is 1070. The highest BCUT2D eigenvalue weighted by atomic mass is 32.2. The molecule has 0 spiro atoms. The van der Waals surface area contributed by atoms with Gasteiger partial charge in [-0.25, -0.2) is 8.42 Å². The Balaban J connectivity index is 1.96. The molecule has 1 heterocycles. The summed E-state index contributed by atoms with van der Waals surface area (Å²) in [4.78, 5) is 12.2. The van der Waals surface area contributed by atoms with E-state index >= 15 is 0 Å². The fourth-order valence-corrected chi connectivity index (χ4v) is 4.49. The molecule has 0 aliphatic carbocycles. The quantitative estimate of drug-likeness (QED) is 0.590. The minimum absolute atomic E-state index is 0.0921. The van der Waals surface area contributed by atoms with Crippen LogP contribution in [0.4, 0.5) is 0 Å². The first-order valence-corrected chi connectivity index (χ1v) is 10.2. The van der Waals surface area contributed by atoms with Gasteiger partial charge in [0.15, 0.2) is 15.6 Å². The fraction of sp³-hybridized carbons (Fsp3) is 0.286. The van der Waals surface area contributed by atoms with E-state index in [9.17, 15) is 13.2 Å². The molecular formula is C21H22O4S. The van der Waals surface area contributed by atoms with E-state index < -0.39 is 9.84 Å². The van der Waals surface area contributed by atoms with Crippen LogP contribution in [0.5, 0.6) is 0 Å². The van der Waals surface area contributed by atoms with Crippen LogP contribution >= 0.6 is 0 Å². The van der Waals surface area contributed by atoms with Crippen LogP contribution < -0.4 is 0 Å². The van der Waals surface area contributed by atoms with Crippen molar-refractivity contribution < 1.29 is 17.6 Å². The number of hydrogen-bond acceptors (Lipinski definition) is 4. The Kier molecular flexibility index (Phi) is 4.76. The molecule has 0 unspecified atom stereocenters. The summed E-state index contributed by atoms with van der Waals surface area (Å²) in [6, 6.07) is 12.2. The predicted octanol–water partition coefficient (Wildman–Crippen LogP) is 5.04. The zero-order valence-electron chi connectivity index (χ0n) is 15.4. The number of hydrogen-bond donors (Lipinski definition) is 0. The van der Waals surface area contributed by atoms with Crippen LogP contribution in [0.25, 0.3) is 11.0 Å². The van der Waals surface area contributed by atoms with Crippen LogP contribution in [-0.4, -0.2) is 14.2 Å². The van der Waals surface area contributed by atoms with Crippen molar-refractivity contribution in [2.45, 2.75) is 44.3 Å². The second-order valence-corrected chi connectivity index (χ2v) is 8.89. The van der Waals surface area contributed by atoms with Crippen molar-refractivity contribution in [3.63, 3.8) is 0 Å². The lowest BCUT2D eigenvalue weighted by Crippen LogP contribution is -2.05.